The second-order valence-corrected chi connectivity index (χ2v) is 8.87. The van der Waals surface area contributed by atoms with E-state index in [2.05, 4.69) is 10.0 Å². The van der Waals surface area contributed by atoms with E-state index in [0.29, 0.717) is 15.8 Å². The molecule has 0 spiro atoms. The van der Waals surface area contributed by atoms with Gasteiger partial charge in [0.2, 0.25) is 0 Å². The number of para-hydroxylation sites is 3. The standard InChI is InChI=1S/C19H18N2O2S2/c22-25(23,19-16(12-13-24-19)14-10-11-14)21-18-9-5-4-8-17(18)20-15-6-2-1-3-7-15/h1-9,12-14,20-21H,10-11H2. The summed E-state index contributed by atoms with van der Waals surface area (Å²) in [6.07, 6.45) is 2.15. The minimum Gasteiger partial charge on any atom is -0.354 e. The van der Waals surface area contributed by atoms with Crippen molar-refractivity contribution >= 4 is 38.4 Å². The van der Waals surface area contributed by atoms with Crippen LogP contribution < -0.4 is 10.0 Å². The Morgan fingerprint density at radius 2 is 1.56 bits per heavy atom. The van der Waals surface area contributed by atoms with Gasteiger partial charge in [-0.3, -0.25) is 4.72 Å². The highest BCUT2D eigenvalue weighted by Gasteiger charge is 2.31. The van der Waals surface area contributed by atoms with Crippen molar-refractivity contribution in [3.8, 4) is 0 Å². The zero-order valence-corrected chi connectivity index (χ0v) is 15.1. The molecule has 0 unspecified atom stereocenters. The van der Waals surface area contributed by atoms with Crippen LogP contribution in [0.4, 0.5) is 17.1 Å². The quantitative estimate of drug-likeness (QED) is 0.629. The molecule has 0 amide bonds. The Balaban J connectivity index is 1.63. The van der Waals surface area contributed by atoms with Crippen LogP contribution in [0, 0.1) is 0 Å². The second-order valence-electron chi connectivity index (χ2n) is 6.08. The Morgan fingerprint density at radius 1 is 0.880 bits per heavy atom. The first kappa shape index (κ1) is 16.2. The minimum atomic E-state index is -3.59. The van der Waals surface area contributed by atoms with Crippen molar-refractivity contribution in [2.24, 2.45) is 0 Å². The molecule has 1 aromatic heterocycles. The predicted molar refractivity (Wildman–Crippen MR) is 103 cm³/mol. The number of benzene rings is 2. The highest BCUT2D eigenvalue weighted by Crippen LogP contribution is 2.45. The summed E-state index contributed by atoms with van der Waals surface area (Å²) in [6.45, 7) is 0. The zero-order valence-electron chi connectivity index (χ0n) is 13.5. The average molecular weight is 370 g/mol. The molecule has 3 aromatic rings. The maximum Gasteiger partial charge on any atom is 0.271 e. The molecule has 25 heavy (non-hydrogen) atoms. The van der Waals surface area contributed by atoms with Crippen LogP contribution in [-0.4, -0.2) is 8.42 Å². The summed E-state index contributed by atoms with van der Waals surface area (Å²) in [6, 6.07) is 19.0. The van der Waals surface area contributed by atoms with Gasteiger partial charge >= 0.3 is 0 Å². The lowest BCUT2D eigenvalue weighted by Gasteiger charge is -2.14. The SMILES string of the molecule is O=S(=O)(Nc1ccccc1Nc1ccccc1)c1sccc1C1CC1. The molecule has 1 saturated carbocycles. The minimum absolute atomic E-state index is 0.399. The van der Waals surface area contributed by atoms with Crippen molar-refractivity contribution in [2.45, 2.75) is 23.0 Å². The molecule has 1 fully saturated rings. The third-order valence-corrected chi connectivity index (χ3v) is 7.03. The van der Waals surface area contributed by atoms with Crippen LogP contribution >= 0.6 is 11.3 Å². The lowest BCUT2D eigenvalue weighted by molar-refractivity contribution is 0.602. The fraction of sp³-hybridized carbons (Fsp3) is 0.158. The van der Waals surface area contributed by atoms with Crippen LogP contribution in [0.1, 0.15) is 24.3 Å². The molecule has 2 aromatic carbocycles. The van der Waals surface area contributed by atoms with Gasteiger partial charge < -0.3 is 5.32 Å². The topological polar surface area (TPSA) is 58.2 Å². The Labute approximate surface area is 151 Å². The van der Waals surface area contributed by atoms with Crippen molar-refractivity contribution in [3.63, 3.8) is 0 Å². The molecular weight excluding hydrogens is 352 g/mol. The molecule has 1 aliphatic rings. The van der Waals surface area contributed by atoms with E-state index in [-0.39, 0.29) is 0 Å². The summed E-state index contributed by atoms with van der Waals surface area (Å²) < 4.78 is 29.0. The zero-order chi connectivity index (χ0) is 17.3. The van der Waals surface area contributed by atoms with Crippen LogP contribution in [0.5, 0.6) is 0 Å². The maximum atomic E-state index is 12.9. The molecule has 1 aliphatic carbocycles. The van der Waals surface area contributed by atoms with E-state index >= 15 is 0 Å². The Morgan fingerprint density at radius 3 is 2.28 bits per heavy atom. The number of thiophene rings is 1. The smallest absolute Gasteiger partial charge is 0.271 e. The van der Waals surface area contributed by atoms with Gasteiger partial charge in [0.05, 0.1) is 11.4 Å². The van der Waals surface area contributed by atoms with Crippen LogP contribution in [0.3, 0.4) is 0 Å². The molecule has 0 aliphatic heterocycles. The molecule has 128 valence electrons. The summed E-state index contributed by atoms with van der Waals surface area (Å²) in [4.78, 5) is 0. The van der Waals surface area contributed by atoms with Gasteiger partial charge in [-0.15, -0.1) is 11.3 Å². The highest BCUT2D eigenvalue weighted by molar-refractivity contribution is 7.94. The van der Waals surface area contributed by atoms with Gasteiger partial charge in [0.15, 0.2) is 0 Å². The number of nitrogens with one attached hydrogen (secondary N) is 2. The van der Waals surface area contributed by atoms with Crippen LogP contribution in [0.2, 0.25) is 0 Å². The van der Waals surface area contributed by atoms with E-state index in [1.807, 2.05) is 60.0 Å². The van der Waals surface area contributed by atoms with Crippen molar-refractivity contribution in [1.29, 1.82) is 0 Å². The number of hydrogen-bond donors (Lipinski definition) is 2. The first-order valence-corrected chi connectivity index (χ1v) is 10.5. The van der Waals surface area contributed by atoms with Gasteiger partial charge in [-0.25, -0.2) is 8.42 Å². The van der Waals surface area contributed by atoms with Crippen LogP contribution in [-0.2, 0) is 10.0 Å². The van der Waals surface area contributed by atoms with Crippen molar-refractivity contribution in [2.75, 3.05) is 10.0 Å². The molecular formula is C19H18N2O2S2. The summed E-state index contributed by atoms with van der Waals surface area (Å²) in [5.74, 6) is 0.399. The third kappa shape index (κ3) is 3.55. The second kappa shape index (κ2) is 6.54. The van der Waals surface area contributed by atoms with Gasteiger partial charge in [-0.1, -0.05) is 30.3 Å². The molecule has 0 atom stereocenters. The molecule has 0 saturated heterocycles. The van der Waals surface area contributed by atoms with E-state index in [9.17, 15) is 8.42 Å². The summed E-state index contributed by atoms with van der Waals surface area (Å²) in [7, 11) is -3.59. The molecule has 0 bridgehead atoms. The first-order chi connectivity index (χ1) is 12.1. The fourth-order valence-corrected chi connectivity index (χ4v) is 5.38. The predicted octanol–water partition coefficient (Wildman–Crippen LogP) is 5.17. The van der Waals surface area contributed by atoms with Gasteiger partial charge in [-0.05, 0) is 60.0 Å². The highest BCUT2D eigenvalue weighted by atomic mass is 32.2. The monoisotopic (exact) mass is 370 g/mol. The number of hydrogen-bond acceptors (Lipinski definition) is 4. The van der Waals surface area contributed by atoms with Gasteiger partial charge in [0.25, 0.3) is 10.0 Å². The van der Waals surface area contributed by atoms with Gasteiger partial charge in [0.1, 0.15) is 4.21 Å². The average Bonchev–Trinajstić information content (AvgIpc) is 3.33. The number of sulfonamides is 1. The molecule has 4 nitrogen and oxygen atoms in total. The third-order valence-electron chi connectivity index (χ3n) is 4.14. The van der Waals surface area contributed by atoms with E-state index < -0.39 is 10.0 Å². The van der Waals surface area contributed by atoms with E-state index in [4.69, 9.17) is 0 Å². The van der Waals surface area contributed by atoms with Gasteiger partial charge in [0, 0.05) is 5.69 Å². The van der Waals surface area contributed by atoms with Crippen molar-refractivity contribution < 1.29 is 8.42 Å². The molecule has 0 radical (unpaired) electrons. The Bertz CT molecular complexity index is 977. The summed E-state index contributed by atoms with van der Waals surface area (Å²) in [5.41, 5.74) is 3.12. The molecule has 1 heterocycles. The molecule has 6 heteroatoms. The fourth-order valence-electron chi connectivity index (χ4n) is 2.77. The van der Waals surface area contributed by atoms with Crippen molar-refractivity contribution in [1.82, 2.24) is 0 Å². The van der Waals surface area contributed by atoms with E-state index in [1.54, 1.807) is 6.07 Å². The van der Waals surface area contributed by atoms with Gasteiger partial charge in [-0.2, -0.15) is 0 Å². The lowest BCUT2D eigenvalue weighted by atomic mass is 10.2. The Kier molecular flexibility index (Phi) is 4.23. The lowest BCUT2D eigenvalue weighted by Crippen LogP contribution is -2.14. The number of anilines is 3. The van der Waals surface area contributed by atoms with Crippen molar-refractivity contribution in [3.05, 3.63) is 71.6 Å². The van der Waals surface area contributed by atoms with E-state index in [1.165, 1.54) is 11.3 Å². The maximum absolute atomic E-state index is 12.9. The summed E-state index contributed by atoms with van der Waals surface area (Å²) >= 11 is 1.28. The number of rotatable bonds is 6. The molecule has 4 rings (SSSR count). The van der Waals surface area contributed by atoms with E-state index in [0.717, 1.165) is 29.8 Å². The normalized spacial score (nSPS) is 14.2. The van der Waals surface area contributed by atoms with Crippen LogP contribution in [0.25, 0.3) is 0 Å². The largest absolute Gasteiger partial charge is 0.354 e. The molecule has 2 N–H and O–H groups in total. The first-order valence-electron chi connectivity index (χ1n) is 8.15. The summed E-state index contributed by atoms with van der Waals surface area (Å²) in [5, 5.41) is 5.12. The van der Waals surface area contributed by atoms with Crippen LogP contribution in [0.15, 0.2) is 70.3 Å². The Hall–Kier alpha value is -2.31.